The predicted octanol–water partition coefficient (Wildman–Crippen LogP) is 4.67. The van der Waals surface area contributed by atoms with Crippen LogP contribution >= 0.6 is 0 Å². The molecule has 0 aliphatic heterocycles. The fraction of sp³-hybridized carbons (Fsp3) is 0.706. The number of carbonyl (C=O) groups is 1. The van der Waals surface area contributed by atoms with E-state index in [1.165, 1.54) is 6.04 Å². The number of carbonyl (C=O) groups excluding carboxylic acids is 1. The quantitative estimate of drug-likeness (QED) is 0.414. The van der Waals surface area contributed by atoms with Crippen LogP contribution in [-0.4, -0.2) is 13.9 Å². The summed E-state index contributed by atoms with van der Waals surface area (Å²) in [5, 5.41) is 0. The van der Waals surface area contributed by atoms with Crippen LogP contribution in [0, 0.1) is 23.2 Å². The van der Waals surface area contributed by atoms with Crippen molar-refractivity contribution in [2.24, 2.45) is 11.3 Å². The van der Waals surface area contributed by atoms with Crippen molar-refractivity contribution in [1.82, 2.24) is 0 Å². The van der Waals surface area contributed by atoms with Crippen LogP contribution < -0.4 is 0 Å². The third kappa shape index (κ3) is 4.99. The number of hydrogen-bond donors (Lipinski definition) is 0. The van der Waals surface area contributed by atoms with Gasteiger partial charge in [0.2, 0.25) is 0 Å². The third-order valence-corrected chi connectivity index (χ3v) is 5.50. The SMILES string of the molecule is CC#CC[C@H]1C(=O)CCC[C@]1(C)/C=C/C[Si](C)(C)C. The Bertz CT molecular complexity index is 405. The summed E-state index contributed by atoms with van der Waals surface area (Å²) in [4.78, 5) is 12.2. The number of rotatable bonds is 4. The average Bonchev–Trinajstić information content (AvgIpc) is 2.26. The minimum Gasteiger partial charge on any atom is -0.299 e. The van der Waals surface area contributed by atoms with Gasteiger partial charge in [-0.05, 0) is 31.2 Å². The van der Waals surface area contributed by atoms with E-state index >= 15 is 0 Å². The van der Waals surface area contributed by atoms with Gasteiger partial charge in [-0.25, -0.2) is 0 Å². The zero-order valence-corrected chi connectivity index (χ0v) is 14.2. The summed E-state index contributed by atoms with van der Waals surface area (Å²) in [5.41, 5.74) is 0.0266. The molecular weight excluding hydrogens is 248 g/mol. The first kappa shape index (κ1) is 16.2. The van der Waals surface area contributed by atoms with E-state index in [0.29, 0.717) is 5.78 Å². The molecule has 1 nitrogen and oxygen atoms in total. The molecule has 0 spiro atoms. The van der Waals surface area contributed by atoms with Crippen LogP contribution in [0.1, 0.15) is 39.5 Å². The van der Waals surface area contributed by atoms with Gasteiger partial charge in [0, 0.05) is 26.8 Å². The van der Waals surface area contributed by atoms with Crippen molar-refractivity contribution >= 4 is 13.9 Å². The molecule has 0 bridgehead atoms. The summed E-state index contributed by atoms with van der Waals surface area (Å²) in [6, 6.07) is 1.20. The molecule has 1 fully saturated rings. The maximum Gasteiger partial charge on any atom is 0.137 e. The Morgan fingerprint density at radius 2 is 2.11 bits per heavy atom. The number of allylic oxidation sites excluding steroid dienone is 2. The smallest absolute Gasteiger partial charge is 0.137 e. The summed E-state index contributed by atoms with van der Waals surface area (Å²) in [7, 11) is -1.04. The molecular formula is C17H28OSi. The highest BCUT2D eigenvalue weighted by Gasteiger charge is 2.39. The lowest BCUT2D eigenvalue weighted by molar-refractivity contribution is -0.128. The minimum absolute atomic E-state index is 0.0266. The topological polar surface area (TPSA) is 17.1 Å². The van der Waals surface area contributed by atoms with Crippen LogP contribution in [0.3, 0.4) is 0 Å². The van der Waals surface area contributed by atoms with Gasteiger partial charge in [0.25, 0.3) is 0 Å². The molecule has 19 heavy (non-hydrogen) atoms. The molecule has 0 aromatic rings. The Morgan fingerprint density at radius 3 is 2.68 bits per heavy atom. The van der Waals surface area contributed by atoms with Crippen molar-refractivity contribution in [3.63, 3.8) is 0 Å². The molecule has 0 aromatic carbocycles. The molecule has 1 rings (SSSR count). The second kappa shape index (κ2) is 6.57. The van der Waals surface area contributed by atoms with Crippen molar-refractivity contribution in [3.05, 3.63) is 12.2 Å². The molecule has 0 heterocycles. The molecule has 2 heteroatoms. The first-order valence-corrected chi connectivity index (χ1v) is 11.1. The molecule has 0 unspecified atom stereocenters. The van der Waals surface area contributed by atoms with E-state index in [0.717, 1.165) is 25.7 Å². The van der Waals surface area contributed by atoms with Gasteiger partial charge < -0.3 is 0 Å². The zero-order chi connectivity index (χ0) is 14.5. The first-order valence-electron chi connectivity index (χ1n) is 7.38. The Morgan fingerprint density at radius 1 is 1.42 bits per heavy atom. The molecule has 106 valence electrons. The molecule has 1 saturated carbocycles. The lowest BCUT2D eigenvalue weighted by atomic mass is 9.65. The number of Topliss-reactive ketones (excluding diaryl/α,β-unsaturated/α-hetero) is 1. The summed E-state index contributed by atoms with van der Waals surface area (Å²) in [6.45, 7) is 11.2. The predicted molar refractivity (Wildman–Crippen MR) is 85.8 cm³/mol. The van der Waals surface area contributed by atoms with Crippen molar-refractivity contribution < 1.29 is 4.79 Å². The summed E-state index contributed by atoms with van der Waals surface area (Å²) < 4.78 is 0. The van der Waals surface area contributed by atoms with Crippen LogP contribution in [0.4, 0.5) is 0 Å². The van der Waals surface area contributed by atoms with E-state index < -0.39 is 8.07 Å². The van der Waals surface area contributed by atoms with Crippen LogP contribution in [0.25, 0.3) is 0 Å². The third-order valence-electron chi connectivity index (χ3n) is 4.04. The maximum atomic E-state index is 12.2. The minimum atomic E-state index is -1.04. The van der Waals surface area contributed by atoms with E-state index in [-0.39, 0.29) is 11.3 Å². The Balaban J connectivity index is 2.83. The van der Waals surface area contributed by atoms with Gasteiger partial charge in [-0.2, -0.15) is 0 Å². The van der Waals surface area contributed by atoms with Gasteiger partial charge in [0.15, 0.2) is 0 Å². The van der Waals surface area contributed by atoms with Crippen molar-refractivity contribution in [3.8, 4) is 11.8 Å². The monoisotopic (exact) mass is 276 g/mol. The zero-order valence-electron chi connectivity index (χ0n) is 13.2. The Hall–Kier alpha value is -0.813. The van der Waals surface area contributed by atoms with Gasteiger partial charge in [0.1, 0.15) is 5.78 Å². The molecule has 0 amide bonds. The molecule has 1 aliphatic rings. The van der Waals surface area contributed by atoms with Crippen LogP contribution in [-0.2, 0) is 4.79 Å². The lowest BCUT2D eigenvalue weighted by Gasteiger charge is -2.37. The molecule has 0 aromatic heterocycles. The highest BCUT2D eigenvalue weighted by molar-refractivity contribution is 6.76. The van der Waals surface area contributed by atoms with E-state index in [1.54, 1.807) is 0 Å². The molecule has 0 saturated heterocycles. The molecule has 0 N–H and O–H groups in total. The van der Waals surface area contributed by atoms with Crippen LogP contribution in [0.2, 0.25) is 25.7 Å². The van der Waals surface area contributed by atoms with Gasteiger partial charge in [-0.1, -0.05) is 38.7 Å². The largest absolute Gasteiger partial charge is 0.299 e. The van der Waals surface area contributed by atoms with Crippen molar-refractivity contribution in [1.29, 1.82) is 0 Å². The average molecular weight is 276 g/mol. The normalized spacial score (nSPS) is 28.3. The fourth-order valence-corrected chi connectivity index (χ4v) is 3.62. The van der Waals surface area contributed by atoms with E-state index in [4.69, 9.17) is 0 Å². The van der Waals surface area contributed by atoms with E-state index in [1.807, 2.05) is 6.92 Å². The summed E-state index contributed by atoms with van der Waals surface area (Å²) >= 11 is 0. The fourth-order valence-electron chi connectivity index (χ4n) is 2.79. The van der Waals surface area contributed by atoms with Gasteiger partial charge in [0.05, 0.1) is 0 Å². The van der Waals surface area contributed by atoms with Crippen molar-refractivity contribution in [2.45, 2.75) is 65.2 Å². The summed E-state index contributed by atoms with van der Waals surface area (Å²) in [6.07, 6.45) is 8.28. The summed E-state index contributed by atoms with van der Waals surface area (Å²) in [5.74, 6) is 6.56. The second-order valence-corrected chi connectivity index (χ2v) is 12.7. The van der Waals surface area contributed by atoms with Gasteiger partial charge in [-0.15, -0.1) is 11.8 Å². The van der Waals surface area contributed by atoms with E-state index in [9.17, 15) is 4.79 Å². The van der Waals surface area contributed by atoms with E-state index in [2.05, 4.69) is 50.6 Å². The maximum absolute atomic E-state index is 12.2. The molecule has 2 atom stereocenters. The number of ketones is 1. The Kier molecular flexibility index (Phi) is 5.61. The molecule has 1 aliphatic carbocycles. The first-order chi connectivity index (χ1) is 8.78. The highest BCUT2D eigenvalue weighted by Crippen LogP contribution is 2.42. The van der Waals surface area contributed by atoms with Crippen molar-refractivity contribution in [2.75, 3.05) is 0 Å². The standard InChI is InChI=1S/C17H28OSi/c1-6-7-10-15-16(18)11-8-12-17(15,2)13-9-14-19(3,4)5/h9,13,15H,8,10-12,14H2,1-5H3/b13-9+/t15-,17+/m0/s1. The molecule has 0 radical (unpaired) electrons. The van der Waals surface area contributed by atoms with Gasteiger partial charge in [-0.3, -0.25) is 4.79 Å². The number of hydrogen-bond acceptors (Lipinski definition) is 1. The highest BCUT2D eigenvalue weighted by atomic mass is 28.3. The van der Waals surface area contributed by atoms with Gasteiger partial charge >= 0.3 is 0 Å². The van der Waals surface area contributed by atoms with Crippen LogP contribution in [0.5, 0.6) is 0 Å². The Labute approximate surface area is 119 Å². The second-order valence-electron chi connectivity index (χ2n) is 7.18. The lowest BCUT2D eigenvalue weighted by Crippen LogP contribution is -2.36. The van der Waals surface area contributed by atoms with Crippen LogP contribution in [0.15, 0.2) is 12.2 Å².